The Labute approximate surface area is 141 Å². The Morgan fingerprint density at radius 3 is 2.57 bits per heavy atom. The Hall–Kier alpha value is -1.85. The highest BCUT2D eigenvalue weighted by Gasteiger charge is 2.17. The molecule has 2 N–H and O–H groups in total. The fourth-order valence-corrected chi connectivity index (χ4v) is 2.61. The van der Waals surface area contributed by atoms with Gasteiger partial charge in [0.15, 0.2) is 0 Å². The first-order chi connectivity index (χ1) is 11.0. The van der Waals surface area contributed by atoms with Crippen molar-refractivity contribution in [3.8, 4) is 5.69 Å². The van der Waals surface area contributed by atoms with Crippen LogP contribution in [0.1, 0.15) is 30.3 Å². The average Bonchev–Trinajstić information content (AvgIpc) is 2.81. The van der Waals surface area contributed by atoms with E-state index < -0.39 is 0 Å². The van der Waals surface area contributed by atoms with E-state index in [0.29, 0.717) is 11.4 Å². The summed E-state index contributed by atoms with van der Waals surface area (Å²) in [6, 6.07) is 7.21. The maximum atomic E-state index is 12.2. The Morgan fingerprint density at radius 1 is 1.35 bits per heavy atom. The van der Waals surface area contributed by atoms with Crippen LogP contribution in [-0.2, 0) is 11.2 Å². The number of halogens is 1. The lowest BCUT2D eigenvalue weighted by atomic mass is 10.1. The molecule has 0 aliphatic heterocycles. The minimum atomic E-state index is -0.200. The van der Waals surface area contributed by atoms with Gasteiger partial charge in [-0.15, -0.1) is 0 Å². The molecule has 6 heteroatoms. The van der Waals surface area contributed by atoms with Gasteiger partial charge < -0.3 is 10.4 Å². The molecule has 0 aliphatic carbocycles. The molecule has 0 aliphatic rings. The van der Waals surface area contributed by atoms with Crippen molar-refractivity contribution in [3.05, 3.63) is 46.2 Å². The van der Waals surface area contributed by atoms with Crippen LogP contribution >= 0.6 is 11.6 Å². The molecule has 5 nitrogen and oxygen atoms in total. The maximum Gasteiger partial charge on any atom is 0.224 e. The Balaban J connectivity index is 2.21. The van der Waals surface area contributed by atoms with Crippen LogP contribution in [0.4, 0.5) is 0 Å². The molecule has 23 heavy (non-hydrogen) atoms. The van der Waals surface area contributed by atoms with E-state index in [2.05, 4.69) is 10.4 Å². The fraction of sp³-hybridized carbons (Fsp3) is 0.412. The van der Waals surface area contributed by atoms with E-state index in [1.807, 2.05) is 49.7 Å². The first-order valence-corrected chi connectivity index (χ1v) is 8.05. The Morgan fingerprint density at radius 2 is 2.00 bits per heavy atom. The molecular weight excluding hydrogens is 314 g/mol. The minimum Gasteiger partial charge on any atom is -0.394 e. The number of amides is 1. The summed E-state index contributed by atoms with van der Waals surface area (Å²) in [6.07, 6.45) is 0.950. The molecule has 0 fully saturated rings. The SMILES string of the molecule is CCC(CO)NC(=O)Cc1c(C)nn(-c2ccc(Cl)cc2)c1C. The summed E-state index contributed by atoms with van der Waals surface area (Å²) >= 11 is 5.92. The second kappa shape index (κ2) is 7.62. The predicted molar refractivity (Wildman–Crippen MR) is 91.1 cm³/mol. The van der Waals surface area contributed by atoms with Gasteiger partial charge in [0.25, 0.3) is 0 Å². The van der Waals surface area contributed by atoms with Crippen LogP contribution in [0, 0.1) is 13.8 Å². The predicted octanol–water partition coefficient (Wildman–Crippen LogP) is 2.57. The van der Waals surface area contributed by atoms with E-state index in [4.69, 9.17) is 11.6 Å². The summed E-state index contributed by atoms with van der Waals surface area (Å²) in [4.78, 5) is 12.2. The average molecular weight is 336 g/mol. The van der Waals surface area contributed by atoms with Crippen molar-refractivity contribution in [2.24, 2.45) is 0 Å². The molecule has 1 unspecified atom stereocenters. The lowest BCUT2D eigenvalue weighted by molar-refractivity contribution is -0.121. The van der Waals surface area contributed by atoms with Crippen LogP contribution in [0.3, 0.4) is 0 Å². The quantitative estimate of drug-likeness (QED) is 0.852. The number of rotatable bonds is 6. The van der Waals surface area contributed by atoms with Gasteiger partial charge in [-0.05, 0) is 44.5 Å². The van der Waals surface area contributed by atoms with Crippen molar-refractivity contribution in [1.82, 2.24) is 15.1 Å². The van der Waals surface area contributed by atoms with Crippen molar-refractivity contribution < 1.29 is 9.90 Å². The molecule has 2 aromatic rings. The van der Waals surface area contributed by atoms with Gasteiger partial charge >= 0.3 is 0 Å². The highest BCUT2D eigenvalue weighted by atomic mass is 35.5. The van der Waals surface area contributed by atoms with Crippen molar-refractivity contribution in [2.75, 3.05) is 6.61 Å². The number of hydrogen-bond acceptors (Lipinski definition) is 3. The number of carbonyl (C=O) groups excluding carboxylic acids is 1. The van der Waals surface area contributed by atoms with Gasteiger partial charge in [0.1, 0.15) is 0 Å². The third kappa shape index (κ3) is 4.12. The summed E-state index contributed by atoms with van der Waals surface area (Å²) in [5, 5.41) is 17.2. The van der Waals surface area contributed by atoms with Gasteiger partial charge in [-0.1, -0.05) is 18.5 Å². The zero-order chi connectivity index (χ0) is 17.0. The maximum absolute atomic E-state index is 12.2. The van der Waals surface area contributed by atoms with Gasteiger partial charge in [0.2, 0.25) is 5.91 Å². The van der Waals surface area contributed by atoms with Gasteiger partial charge in [0, 0.05) is 16.3 Å². The van der Waals surface area contributed by atoms with Crippen LogP contribution in [0.25, 0.3) is 5.69 Å². The molecule has 1 heterocycles. The van der Waals surface area contributed by atoms with Gasteiger partial charge in [-0.25, -0.2) is 4.68 Å². The standard InChI is InChI=1S/C17H22ClN3O2/c1-4-14(10-22)19-17(23)9-16-11(2)20-21(12(16)3)15-7-5-13(18)6-8-15/h5-8,14,22H,4,9-10H2,1-3H3,(H,19,23). The third-order valence-electron chi connectivity index (χ3n) is 3.93. The number of aryl methyl sites for hydroxylation is 1. The molecule has 124 valence electrons. The number of benzene rings is 1. The monoisotopic (exact) mass is 335 g/mol. The van der Waals surface area contributed by atoms with Crippen LogP contribution < -0.4 is 5.32 Å². The largest absolute Gasteiger partial charge is 0.394 e. The van der Waals surface area contributed by atoms with Gasteiger partial charge in [-0.3, -0.25) is 4.79 Å². The minimum absolute atomic E-state index is 0.0513. The first kappa shape index (κ1) is 17.5. The van der Waals surface area contributed by atoms with Gasteiger partial charge in [-0.2, -0.15) is 5.10 Å². The number of nitrogens with zero attached hydrogens (tertiary/aromatic N) is 2. The van der Waals surface area contributed by atoms with E-state index >= 15 is 0 Å². The molecule has 0 spiro atoms. The highest BCUT2D eigenvalue weighted by molar-refractivity contribution is 6.30. The zero-order valence-corrected chi connectivity index (χ0v) is 14.4. The summed E-state index contributed by atoms with van der Waals surface area (Å²) in [5.41, 5.74) is 3.57. The van der Waals surface area contributed by atoms with E-state index in [9.17, 15) is 9.90 Å². The van der Waals surface area contributed by atoms with E-state index in [1.165, 1.54) is 0 Å². The summed E-state index contributed by atoms with van der Waals surface area (Å²) in [6.45, 7) is 5.71. The second-order valence-electron chi connectivity index (χ2n) is 5.57. The number of carbonyl (C=O) groups is 1. The highest BCUT2D eigenvalue weighted by Crippen LogP contribution is 2.20. The van der Waals surface area contributed by atoms with Crippen LogP contribution in [0.15, 0.2) is 24.3 Å². The number of hydrogen-bond donors (Lipinski definition) is 2. The molecule has 1 aromatic heterocycles. The topological polar surface area (TPSA) is 67.2 Å². The molecule has 0 bridgehead atoms. The zero-order valence-electron chi connectivity index (χ0n) is 13.6. The smallest absolute Gasteiger partial charge is 0.224 e. The number of nitrogens with one attached hydrogen (secondary N) is 1. The van der Waals surface area contributed by atoms with E-state index in [-0.39, 0.29) is 25.0 Å². The van der Waals surface area contributed by atoms with E-state index in [1.54, 1.807) is 0 Å². The molecule has 1 aromatic carbocycles. The number of aromatic nitrogens is 2. The second-order valence-corrected chi connectivity index (χ2v) is 6.01. The molecule has 0 saturated carbocycles. The van der Waals surface area contributed by atoms with Crippen molar-refractivity contribution in [2.45, 2.75) is 39.7 Å². The molecule has 1 atom stereocenters. The van der Waals surface area contributed by atoms with Crippen molar-refractivity contribution >= 4 is 17.5 Å². The lowest BCUT2D eigenvalue weighted by Gasteiger charge is -2.14. The fourth-order valence-electron chi connectivity index (χ4n) is 2.48. The molecular formula is C17H22ClN3O2. The Kier molecular flexibility index (Phi) is 5.80. The van der Waals surface area contributed by atoms with Crippen molar-refractivity contribution in [1.29, 1.82) is 0 Å². The first-order valence-electron chi connectivity index (χ1n) is 7.67. The molecule has 0 saturated heterocycles. The van der Waals surface area contributed by atoms with Gasteiger partial charge in [0.05, 0.1) is 30.5 Å². The number of aliphatic hydroxyl groups excluding tert-OH is 1. The lowest BCUT2D eigenvalue weighted by Crippen LogP contribution is -2.38. The molecule has 1 amide bonds. The summed E-state index contributed by atoms with van der Waals surface area (Å²) in [7, 11) is 0. The summed E-state index contributed by atoms with van der Waals surface area (Å²) in [5.74, 6) is -0.104. The Bertz CT molecular complexity index is 676. The third-order valence-corrected chi connectivity index (χ3v) is 4.18. The van der Waals surface area contributed by atoms with Crippen LogP contribution in [0.2, 0.25) is 5.02 Å². The van der Waals surface area contributed by atoms with Crippen LogP contribution in [-0.4, -0.2) is 33.4 Å². The summed E-state index contributed by atoms with van der Waals surface area (Å²) < 4.78 is 1.82. The van der Waals surface area contributed by atoms with Crippen LogP contribution in [0.5, 0.6) is 0 Å². The van der Waals surface area contributed by atoms with Crippen molar-refractivity contribution in [3.63, 3.8) is 0 Å². The molecule has 2 rings (SSSR count). The number of aliphatic hydroxyl groups is 1. The normalized spacial score (nSPS) is 12.2. The van der Waals surface area contributed by atoms with E-state index in [0.717, 1.165) is 22.6 Å². The molecule has 0 radical (unpaired) electrons.